The molecule has 0 fully saturated rings. The molecular formula is C15H24Cl2N2O2S. The molecule has 22 heavy (non-hydrogen) atoms. The zero-order valence-electron chi connectivity index (χ0n) is 12.8. The van der Waals surface area contributed by atoms with E-state index in [2.05, 4.69) is 5.32 Å². The van der Waals surface area contributed by atoms with E-state index in [1.807, 2.05) is 0 Å². The third kappa shape index (κ3) is 8.73. The molecule has 126 valence electrons. The number of carbonyl (C=O) groups is 1. The van der Waals surface area contributed by atoms with E-state index in [1.165, 1.54) is 0 Å². The first-order chi connectivity index (χ1) is 10.0. The molecule has 1 aromatic carbocycles. The van der Waals surface area contributed by atoms with E-state index < -0.39 is 10.8 Å². The van der Waals surface area contributed by atoms with Gasteiger partial charge in [0.2, 0.25) is 5.91 Å². The molecule has 1 rings (SSSR count). The lowest BCUT2D eigenvalue weighted by Gasteiger charge is -2.08. The number of rotatable bonds is 9. The van der Waals surface area contributed by atoms with Crippen LogP contribution in [0.25, 0.3) is 0 Å². The summed E-state index contributed by atoms with van der Waals surface area (Å²) < 4.78 is 11.3. The molecular weight excluding hydrogens is 343 g/mol. The van der Waals surface area contributed by atoms with E-state index in [4.69, 9.17) is 17.3 Å². The van der Waals surface area contributed by atoms with Gasteiger partial charge in [-0.25, -0.2) is 0 Å². The number of amides is 1. The SMILES string of the molecule is CS(=O)Cc1cc(NC(=O)CCCCCCN)ccc1Cl.Cl. The minimum atomic E-state index is -0.963. The van der Waals surface area contributed by atoms with Gasteiger partial charge < -0.3 is 11.1 Å². The van der Waals surface area contributed by atoms with Crippen molar-refractivity contribution in [1.29, 1.82) is 0 Å². The highest BCUT2D eigenvalue weighted by molar-refractivity contribution is 7.83. The quantitative estimate of drug-likeness (QED) is 0.657. The van der Waals surface area contributed by atoms with Crippen LogP contribution in [0.1, 0.15) is 37.7 Å². The van der Waals surface area contributed by atoms with Crippen LogP contribution in [-0.4, -0.2) is 22.9 Å². The Balaban J connectivity index is 0.00000441. The lowest BCUT2D eigenvalue weighted by Crippen LogP contribution is -2.11. The van der Waals surface area contributed by atoms with Crippen LogP contribution >= 0.6 is 24.0 Å². The Hall–Kier alpha value is -0.620. The zero-order valence-corrected chi connectivity index (χ0v) is 15.2. The van der Waals surface area contributed by atoms with Crippen LogP contribution in [0, 0.1) is 0 Å². The normalized spacial score (nSPS) is 11.6. The summed E-state index contributed by atoms with van der Waals surface area (Å²) in [6.45, 7) is 0.707. The summed E-state index contributed by atoms with van der Waals surface area (Å²) in [5.41, 5.74) is 6.91. The van der Waals surface area contributed by atoms with E-state index in [9.17, 15) is 9.00 Å². The summed E-state index contributed by atoms with van der Waals surface area (Å²) in [7, 11) is -0.963. The molecule has 3 N–H and O–H groups in total. The Morgan fingerprint density at radius 3 is 2.59 bits per heavy atom. The molecule has 7 heteroatoms. The number of hydrogen-bond donors (Lipinski definition) is 2. The van der Waals surface area contributed by atoms with Crippen LogP contribution in [0.5, 0.6) is 0 Å². The van der Waals surface area contributed by atoms with Crippen molar-refractivity contribution in [1.82, 2.24) is 0 Å². The van der Waals surface area contributed by atoms with Crippen molar-refractivity contribution in [2.45, 2.75) is 37.9 Å². The van der Waals surface area contributed by atoms with Crippen molar-refractivity contribution in [3.05, 3.63) is 28.8 Å². The molecule has 0 heterocycles. The third-order valence-corrected chi connectivity index (χ3v) is 4.13. The fraction of sp³-hybridized carbons (Fsp3) is 0.533. The highest BCUT2D eigenvalue weighted by Crippen LogP contribution is 2.22. The van der Waals surface area contributed by atoms with Crippen LogP contribution in [0.2, 0.25) is 5.02 Å². The number of nitrogens with one attached hydrogen (secondary N) is 1. The highest BCUT2D eigenvalue weighted by atomic mass is 35.5. The molecule has 0 bridgehead atoms. The molecule has 0 aliphatic heterocycles. The number of halogens is 2. The first-order valence-electron chi connectivity index (χ1n) is 7.11. The molecule has 0 saturated heterocycles. The van der Waals surface area contributed by atoms with Gasteiger partial charge in [0.25, 0.3) is 0 Å². The van der Waals surface area contributed by atoms with Crippen LogP contribution in [0.15, 0.2) is 18.2 Å². The average molecular weight is 367 g/mol. The molecule has 0 spiro atoms. The molecule has 0 saturated carbocycles. The lowest BCUT2D eigenvalue weighted by molar-refractivity contribution is -0.116. The second-order valence-electron chi connectivity index (χ2n) is 5.02. The van der Waals surface area contributed by atoms with Crippen LogP contribution < -0.4 is 11.1 Å². The second kappa shape index (κ2) is 11.9. The molecule has 4 nitrogen and oxygen atoms in total. The number of unbranched alkanes of at least 4 members (excludes halogenated alkanes) is 3. The minimum Gasteiger partial charge on any atom is -0.330 e. The molecule has 0 radical (unpaired) electrons. The fourth-order valence-corrected chi connectivity index (χ4v) is 2.93. The summed E-state index contributed by atoms with van der Waals surface area (Å²) in [6, 6.07) is 5.27. The number of nitrogens with two attached hydrogens (primary N) is 1. The largest absolute Gasteiger partial charge is 0.330 e. The Labute approximate surface area is 146 Å². The topological polar surface area (TPSA) is 72.2 Å². The monoisotopic (exact) mass is 366 g/mol. The maximum Gasteiger partial charge on any atom is 0.224 e. The number of hydrogen-bond acceptors (Lipinski definition) is 3. The van der Waals surface area contributed by atoms with Gasteiger partial charge in [0.15, 0.2) is 0 Å². The van der Waals surface area contributed by atoms with Gasteiger partial charge in [-0.2, -0.15) is 0 Å². The maximum atomic E-state index is 11.8. The van der Waals surface area contributed by atoms with Crippen molar-refractivity contribution in [2.24, 2.45) is 5.73 Å². The van der Waals surface area contributed by atoms with Crippen LogP contribution in [0.3, 0.4) is 0 Å². The summed E-state index contributed by atoms with van der Waals surface area (Å²) >= 11 is 6.05. The smallest absolute Gasteiger partial charge is 0.224 e. The Morgan fingerprint density at radius 2 is 1.95 bits per heavy atom. The number of carbonyl (C=O) groups excluding carboxylic acids is 1. The molecule has 1 unspecified atom stereocenters. The van der Waals surface area contributed by atoms with Crippen molar-refractivity contribution >= 4 is 46.4 Å². The van der Waals surface area contributed by atoms with Gasteiger partial charge in [0, 0.05) is 39.9 Å². The van der Waals surface area contributed by atoms with E-state index in [-0.39, 0.29) is 18.3 Å². The molecule has 1 aromatic rings. The second-order valence-corrected chi connectivity index (χ2v) is 6.87. The van der Waals surface area contributed by atoms with Crippen molar-refractivity contribution < 1.29 is 9.00 Å². The molecule has 1 amide bonds. The standard InChI is InChI=1S/C15H23ClN2O2S.ClH/c1-21(20)11-12-10-13(7-8-14(12)16)18-15(19)6-4-2-3-5-9-17;/h7-8,10H,2-6,9,11,17H2,1H3,(H,18,19);1H. The minimum absolute atomic E-state index is 0. The third-order valence-electron chi connectivity index (χ3n) is 3.05. The summed E-state index contributed by atoms with van der Waals surface area (Å²) in [5, 5.41) is 3.43. The van der Waals surface area contributed by atoms with E-state index in [1.54, 1.807) is 24.5 Å². The van der Waals surface area contributed by atoms with Gasteiger partial charge in [-0.1, -0.05) is 24.4 Å². The van der Waals surface area contributed by atoms with Crippen LogP contribution in [-0.2, 0) is 21.3 Å². The molecule has 1 atom stereocenters. The Kier molecular flexibility index (Phi) is 11.5. The first-order valence-corrected chi connectivity index (χ1v) is 9.22. The van der Waals surface area contributed by atoms with Gasteiger partial charge in [-0.15, -0.1) is 12.4 Å². The summed E-state index contributed by atoms with van der Waals surface area (Å²) in [6.07, 6.45) is 6.09. The Morgan fingerprint density at radius 1 is 1.27 bits per heavy atom. The predicted molar refractivity (Wildman–Crippen MR) is 97.2 cm³/mol. The van der Waals surface area contributed by atoms with Gasteiger partial charge in [0.1, 0.15) is 0 Å². The van der Waals surface area contributed by atoms with Gasteiger partial charge in [-0.3, -0.25) is 9.00 Å². The Bertz CT molecular complexity index is 498. The lowest BCUT2D eigenvalue weighted by atomic mass is 10.1. The fourth-order valence-electron chi connectivity index (χ4n) is 1.99. The van der Waals surface area contributed by atoms with Gasteiger partial charge in [0.05, 0.1) is 0 Å². The van der Waals surface area contributed by atoms with E-state index >= 15 is 0 Å². The molecule has 0 aliphatic rings. The van der Waals surface area contributed by atoms with Crippen molar-refractivity contribution in [3.63, 3.8) is 0 Å². The maximum absolute atomic E-state index is 11.8. The van der Waals surface area contributed by atoms with E-state index in [0.29, 0.717) is 29.4 Å². The summed E-state index contributed by atoms with van der Waals surface area (Å²) in [5.74, 6) is 0.385. The van der Waals surface area contributed by atoms with Crippen molar-refractivity contribution in [2.75, 3.05) is 18.1 Å². The number of benzene rings is 1. The highest BCUT2D eigenvalue weighted by Gasteiger charge is 2.07. The summed E-state index contributed by atoms with van der Waals surface area (Å²) in [4.78, 5) is 11.8. The predicted octanol–water partition coefficient (Wildman–Crippen LogP) is 3.49. The van der Waals surface area contributed by atoms with E-state index in [0.717, 1.165) is 31.2 Å². The van der Waals surface area contributed by atoms with Crippen LogP contribution in [0.4, 0.5) is 5.69 Å². The van der Waals surface area contributed by atoms with Gasteiger partial charge in [-0.05, 0) is 43.1 Å². The zero-order chi connectivity index (χ0) is 15.7. The molecule has 0 aliphatic carbocycles. The average Bonchev–Trinajstić information content (AvgIpc) is 2.42. The molecule has 0 aromatic heterocycles. The first kappa shape index (κ1) is 21.4. The van der Waals surface area contributed by atoms with Gasteiger partial charge >= 0.3 is 0 Å². The number of anilines is 1. The van der Waals surface area contributed by atoms with Crippen molar-refractivity contribution in [3.8, 4) is 0 Å².